The van der Waals surface area contributed by atoms with E-state index in [1.165, 1.54) is 12.1 Å². The molecule has 2 aromatic carbocycles. The number of hydrogen-bond donors (Lipinski definition) is 0. The van der Waals surface area contributed by atoms with Crippen molar-refractivity contribution in [3.63, 3.8) is 0 Å². The minimum atomic E-state index is -0.328. The van der Waals surface area contributed by atoms with Gasteiger partial charge in [-0.25, -0.2) is 9.37 Å². The van der Waals surface area contributed by atoms with E-state index in [-0.39, 0.29) is 11.1 Å². The number of aromatic nitrogens is 2. The molecule has 0 unspecified atom stereocenters. The van der Waals surface area contributed by atoms with Gasteiger partial charge in [-0.2, -0.15) is 4.98 Å². The molecule has 0 aliphatic rings. The lowest BCUT2D eigenvalue weighted by molar-refractivity contribution is 0.629. The number of rotatable bonds is 2. The summed E-state index contributed by atoms with van der Waals surface area (Å²) in [7, 11) is 1.86. The molecule has 0 bridgehead atoms. The van der Waals surface area contributed by atoms with Crippen LogP contribution in [-0.4, -0.2) is 17.0 Å². The van der Waals surface area contributed by atoms with Crippen molar-refractivity contribution < 1.29 is 4.39 Å². The molecule has 5 heteroatoms. The third-order valence-corrected chi connectivity index (χ3v) is 3.24. The van der Waals surface area contributed by atoms with Crippen LogP contribution in [0.25, 0.3) is 10.9 Å². The number of para-hydroxylation sites is 1. The Labute approximate surface area is 120 Å². The van der Waals surface area contributed by atoms with Gasteiger partial charge in [-0.05, 0) is 41.9 Å². The van der Waals surface area contributed by atoms with Crippen LogP contribution in [0.1, 0.15) is 0 Å². The summed E-state index contributed by atoms with van der Waals surface area (Å²) >= 11 is 5.95. The number of nitrogens with zero attached hydrogens (tertiary/aromatic N) is 3. The van der Waals surface area contributed by atoms with Gasteiger partial charge in [0.1, 0.15) is 11.6 Å². The van der Waals surface area contributed by atoms with Crippen molar-refractivity contribution >= 4 is 34.0 Å². The van der Waals surface area contributed by atoms with E-state index in [1.807, 2.05) is 42.3 Å². The first-order valence-corrected chi connectivity index (χ1v) is 6.44. The lowest BCUT2D eigenvalue weighted by Gasteiger charge is -2.20. The van der Waals surface area contributed by atoms with Crippen molar-refractivity contribution in [3.8, 4) is 0 Å². The summed E-state index contributed by atoms with van der Waals surface area (Å²) in [5.41, 5.74) is 1.55. The third-order valence-electron chi connectivity index (χ3n) is 3.07. The molecule has 0 N–H and O–H groups in total. The summed E-state index contributed by atoms with van der Waals surface area (Å²) in [5, 5.41) is 0.766. The maximum absolute atomic E-state index is 13.5. The summed E-state index contributed by atoms with van der Waals surface area (Å²) in [6.07, 6.45) is 0. The van der Waals surface area contributed by atoms with Gasteiger partial charge in [0.2, 0.25) is 5.28 Å². The van der Waals surface area contributed by atoms with Gasteiger partial charge in [-0.15, -0.1) is 0 Å². The van der Waals surface area contributed by atoms with E-state index in [1.54, 1.807) is 6.07 Å². The molecule has 0 saturated heterocycles. The van der Waals surface area contributed by atoms with Crippen LogP contribution in [0.15, 0.2) is 48.5 Å². The average molecular weight is 288 g/mol. The molecule has 1 heterocycles. The number of fused-ring (bicyclic) bond motifs is 1. The second-order valence-corrected chi connectivity index (χ2v) is 4.71. The second kappa shape index (κ2) is 5.06. The van der Waals surface area contributed by atoms with Crippen molar-refractivity contribution in [2.75, 3.05) is 11.9 Å². The maximum Gasteiger partial charge on any atom is 0.224 e. The molecule has 0 saturated carbocycles. The average Bonchev–Trinajstić information content (AvgIpc) is 2.47. The van der Waals surface area contributed by atoms with Crippen LogP contribution in [0.4, 0.5) is 15.9 Å². The van der Waals surface area contributed by atoms with Gasteiger partial charge in [-0.1, -0.05) is 18.2 Å². The highest BCUT2D eigenvalue weighted by atomic mass is 35.5. The Bertz CT molecular complexity index is 762. The minimum absolute atomic E-state index is 0.141. The Hall–Kier alpha value is -2.20. The molecule has 100 valence electrons. The van der Waals surface area contributed by atoms with Crippen molar-refractivity contribution in [2.45, 2.75) is 0 Å². The fourth-order valence-corrected chi connectivity index (χ4v) is 2.26. The van der Waals surface area contributed by atoms with Crippen LogP contribution in [0.5, 0.6) is 0 Å². The van der Waals surface area contributed by atoms with Crippen molar-refractivity contribution in [2.24, 2.45) is 0 Å². The van der Waals surface area contributed by atoms with Gasteiger partial charge in [0.15, 0.2) is 0 Å². The summed E-state index contributed by atoms with van der Waals surface area (Å²) in [4.78, 5) is 10.2. The van der Waals surface area contributed by atoms with Crippen LogP contribution in [0.3, 0.4) is 0 Å². The summed E-state index contributed by atoms with van der Waals surface area (Å²) < 4.78 is 13.5. The SMILES string of the molecule is CN(c1ccccc1)c1nc(Cl)nc2ccc(F)cc12. The Balaban J connectivity index is 2.22. The van der Waals surface area contributed by atoms with Crippen molar-refractivity contribution in [3.05, 3.63) is 59.6 Å². The van der Waals surface area contributed by atoms with E-state index >= 15 is 0 Å². The zero-order valence-electron chi connectivity index (χ0n) is 10.7. The monoisotopic (exact) mass is 287 g/mol. The highest BCUT2D eigenvalue weighted by molar-refractivity contribution is 6.28. The molecule has 0 aliphatic heterocycles. The van der Waals surface area contributed by atoms with Crippen LogP contribution < -0.4 is 4.90 Å². The van der Waals surface area contributed by atoms with Gasteiger partial charge in [0.25, 0.3) is 0 Å². The van der Waals surface area contributed by atoms with E-state index in [9.17, 15) is 4.39 Å². The Kier molecular flexibility index (Phi) is 3.24. The third kappa shape index (κ3) is 2.30. The first-order valence-electron chi connectivity index (χ1n) is 6.07. The molecule has 0 amide bonds. The number of benzene rings is 2. The van der Waals surface area contributed by atoms with E-state index in [0.29, 0.717) is 16.7 Å². The fraction of sp³-hybridized carbons (Fsp3) is 0.0667. The van der Waals surface area contributed by atoms with E-state index in [0.717, 1.165) is 5.69 Å². The van der Waals surface area contributed by atoms with E-state index in [4.69, 9.17) is 11.6 Å². The molecule has 1 aromatic heterocycles. The topological polar surface area (TPSA) is 29.0 Å². The largest absolute Gasteiger partial charge is 0.329 e. The molecule has 3 rings (SSSR count). The van der Waals surface area contributed by atoms with Crippen LogP contribution >= 0.6 is 11.6 Å². The summed E-state index contributed by atoms with van der Waals surface area (Å²) in [6.45, 7) is 0. The highest BCUT2D eigenvalue weighted by Gasteiger charge is 2.13. The Morgan fingerprint density at radius 2 is 1.80 bits per heavy atom. The molecular weight excluding hydrogens is 277 g/mol. The fourth-order valence-electron chi connectivity index (χ4n) is 2.09. The molecule has 20 heavy (non-hydrogen) atoms. The highest BCUT2D eigenvalue weighted by Crippen LogP contribution is 2.29. The molecule has 0 radical (unpaired) electrons. The molecule has 3 aromatic rings. The Morgan fingerprint density at radius 1 is 1.05 bits per heavy atom. The van der Waals surface area contributed by atoms with Crippen LogP contribution in [-0.2, 0) is 0 Å². The van der Waals surface area contributed by atoms with Crippen molar-refractivity contribution in [1.29, 1.82) is 0 Å². The zero-order chi connectivity index (χ0) is 14.1. The molecule has 0 fully saturated rings. The van der Waals surface area contributed by atoms with Gasteiger partial charge in [-0.3, -0.25) is 0 Å². The van der Waals surface area contributed by atoms with E-state index in [2.05, 4.69) is 9.97 Å². The first-order chi connectivity index (χ1) is 9.65. The minimum Gasteiger partial charge on any atom is -0.329 e. The van der Waals surface area contributed by atoms with E-state index < -0.39 is 0 Å². The number of anilines is 2. The van der Waals surface area contributed by atoms with Gasteiger partial charge in [0.05, 0.1) is 5.52 Å². The lowest BCUT2D eigenvalue weighted by Crippen LogP contribution is -2.12. The molecule has 3 nitrogen and oxygen atoms in total. The predicted molar refractivity (Wildman–Crippen MR) is 79.0 cm³/mol. The summed E-state index contributed by atoms with van der Waals surface area (Å²) in [6, 6.07) is 14.1. The predicted octanol–water partition coefficient (Wildman–Crippen LogP) is 4.19. The maximum atomic E-state index is 13.5. The van der Waals surface area contributed by atoms with Gasteiger partial charge >= 0.3 is 0 Å². The zero-order valence-corrected chi connectivity index (χ0v) is 11.5. The summed E-state index contributed by atoms with van der Waals surface area (Å²) in [5.74, 6) is 0.247. The molecular formula is C15H11ClFN3. The van der Waals surface area contributed by atoms with Crippen molar-refractivity contribution in [1.82, 2.24) is 9.97 Å². The quantitative estimate of drug-likeness (QED) is 0.662. The Morgan fingerprint density at radius 3 is 2.55 bits per heavy atom. The second-order valence-electron chi connectivity index (χ2n) is 4.37. The smallest absolute Gasteiger partial charge is 0.224 e. The lowest BCUT2D eigenvalue weighted by atomic mass is 10.2. The molecule has 0 spiro atoms. The standard InChI is InChI=1S/C15H11ClFN3/c1-20(11-5-3-2-4-6-11)14-12-9-10(17)7-8-13(12)18-15(16)19-14/h2-9H,1H3. The number of hydrogen-bond acceptors (Lipinski definition) is 3. The van der Waals surface area contributed by atoms with Crippen LogP contribution in [0.2, 0.25) is 5.28 Å². The van der Waals surface area contributed by atoms with Crippen LogP contribution in [0, 0.1) is 5.82 Å². The normalized spacial score (nSPS) is 10.8. The first kappa shape index (κ1) is 12.8. The molecule has 0 atom stereocenters. The molecule has 0 aliphatic carbocycles. The number of halogens is 2. The van der Waals surface area contributed by atoms with Gasteiger partial charge < -0.3 is 4.90 Å². The van der Waals surface area contributed by atoms with Gasteiger partial charge in [0, 0.05) is 18.1 Å².